The van der Waals surface area contributed by atoms with Crippen LogP contribution in [0, 0.1) is 0 Å². The van der Waals surface area contributed by atoms with Crippen molar-refractivity contribution in [3.63, 3.8) is 0 Å². The van der Waals surface area contributed by atoms with Crippen molar-refractivity contribution in [2.24, 2.45) is 5.84 Å². The molecule has 0 aliphatic heterocycles. The summed E-state index contributed by atoms with van der Waals surface area (Å²) in [6.07, 6.45) is 8.43. The van der Waals surface area contributed by atoms with Crippen LogP contribution in [0.3, 0.4) is 0 Å². The minimum atomic E-state index is -0.148. The summed E-state index contributed by atoms with van der Waals surface area (Å²) >= 11 is 0. The fraction of sp³-hybridized carbons (Fsp3) is 0.333. The molecule has 2 rings (SSSR count). The molecule has 0 saturated heterocycles. The predicted octanol–water partition coefficient (Wildman–Crippen LogP) is 1.48. The highest BCUT2D eigenvalue weighted by Crippen LogP contribution is 2.04. The number of hydrogen-bond acceptors (Lipinski definition) is 6. The van der Waals surface area contributed by atoms with E-state index in [4.69, 9.17) is 5.84 Å². The number of nitrogens with zero attached hydrogens (tertiary/aromatic N) is 2. The van der Waals surface area contributed by atoms with Crippen LogP contribution in [0.1, 0.15) is 46.4 Å². The molecule has 26 heavy (non-hydrogen) atoms. The molecule has 0 fully saturated rings. The molecule has 8 nitrogen and oxygen atoms in total. The van der Waals surface area contributed by atoms with Gasteiger partial charge in [-0.05, 0) is 37.1 Å². The average molecular weight is 356 g/mol. The summed E-state index contributed by atoms with van der Waals surface area (Å²) in [7, 11) is 0. The Morgan fingerprint density at radius 3 is 2.04 bits per heavy atom. The number of hydrogen-bond donors (Lipinski definition) is 4. The molecular formula is C18H24N6O2. The Bertz CT molecular complexity index is 691. The topological polar surface area (TPSA) is 122 Å². The van der Waals surface area contributed by atoms with Crippen LogP contribution in [0.15, 0.2) is 42.9 Å². The number of hydrazine groups is 1. The van der Waals surface area contributed by atoms with Gasteiger partial charge in [-0.3, -0.25) is 14.6 Å². The molecule has 2 amide bonds. The lowest BCUT2D eigenvalue weighted by atomic mass is 10.2. The van der Waals surface area contributed by atoms with E-state index in [0.29, 0.717) is 30.0 Å². The number of amides is 2. The Kier molecular flexibility index (Phi) is 8.01. The Balaban J connectivity index is 1.51. The average Bonchev–Trinajstić information content (AvgIpc) is 2.70. The highest BCUT2D eigenvalue weighted by Gasteiger charge is 2.05. The molecule has 2 heterocycles. The molecule has 0 aromatic carbocycles. The van der Waals surface area contributed by atoms with Gasteiger partial charge in [0.15, 0.2) is 0 Å². The van der Waals surface area contributed by atoms with Crippen LogP contribution in [-0.4, -0.2) is 34.9 Å². The van der Waals surface area contributed by atoms with Crippen LogP contribution in [0.25, 0.3) is 0 Å². The Labute approximate surface area is 152 Å². The van der Waals surface area contributed by atoms with E-state index in [1.807, 2.05) is 0 Å². The number of anilines is 1. The van der Waals surface area contributed by atoms with Crippen molar-refractivity contribution >= 4 is 17.6 Å². The molecule has 0 saturated carbocycles. The van der Waals surface area contributed by atoms with Crippen molar-refractivity contribution in [3.05, 3.63) is 54.0 Å². The van der Waals surface area contributed by atoms with Crippen molar-refractivity contribution in [1.29, 1.82) is 0 Å². The highest BCUT2D eigenvalue weighted by atomic mass is 16.2. The van der Waals surface area contributed by atoms with Crippen molar-refractivity contribution in [3.8, 4) is 0 Å². The van der Waals surface area contributed by atoms with E-state index < -0.39 is 0 Å². The maximum absolute atomic E-state index is 11.9. The van der Waals surface area contributed by atoms with Gasteiger partial charge >= 0.3 is 0 Å². The SMILES string of the molecule is NNc1ccc(C(=O)NCCCCCCNC(=O)c2cccnc2)cn1. The largest absolute Gasteiger partial charge is 0.352 e. The summed E-state index contributed by atoms with van der Waals surface area (Å²) in [5.41, 5.74) is 3.49. The summed E-state index contributed by atoms with van der Waals surface area (Å²) in [4.78, 5) is 31.7. The fourth-order valence-corrected chi connectivity index (χ4v) is 2.32. The number of rotatable bonds is 10. The van der Waals surface area contributed by atoms with Gasteiger partial charge in [-0.2, -0.15) is 0 Å². The molecule has 0 aliphatic rings. The first-order chi connectivity index (χ1) is 12.7. The quantitative estimate of drug-likeness (QED) is 0.291. The van der Waals surface area contributed by atoms with Gasteiger partial charge in [0.05, 0.1) is 11.1 Å². The van der Waals surface area contributed by atoms with Gasteiger partial charge in [0.2, 0.25) is 0 Å². The molecule has 138 valence electrons. The van der Waals surface area contributed by atoms with Gasteiger partial charge in [0, 0.05) is 31.7 Å². The lowest BCUT2D eigenvalue weighted by molar-refractivity contribution is 0.0943. The van der Waals surface area contributed by atoms with E-state index in [-0.39, 0.29) is 11.8 Å². The minimum absolute atomic E-state index is 0.102. The number of unbranched alkanes of at least 4 members (excludes halogenated alkanes) is 3. The summed E-state index contributed by atoms with van der Waals surface area (Å²) in [6, 6.07) is 6.79. The third-order valence-corrected chi connectivity index (χ3v) is 3.77. The lowest BCUT2D eigenvalue weighted by Crippen LogP contribution is -2.25. The van der Waals surface area contributed by atoms with Crippen LogP contribution < -0.4 is 21.9 Å². The molecule has 2 aromatic heterocycles. The normalized spacial score (nSPS) is 10.2. The smallest absolute Gasteiger partial charge is 0.252 e. The number of pyridine rings is 2. The zero-order valence-corrected chi connectivity index (χ0v) is 14.6. The number of carbonyl (C=O) groups is 2. The first-order valence-electron chi connectivity index (χ1n) is 8.60. The van der Waals surface area contributed by atoms with Crippen molar-refractivity contribution in [2.75, 3.05) is 18.5 Å². The molecule has 0 unspecified atom stereocenters. The van der Waals surface area contributed by atoms with Gasteiger partial charge in [-0.25, -0.2) is 10.8 Å². The van der Waals surface area contributed by atoms with E-state index in [2.05, 4.69) is 26.0 Å². The van der Waals surface area contributed by atoms with Crippen LogP contribution >= 0.6 is 0 Å². The number of nitrogens with one attached hydrogen (secondary N) is 3. The van der Waals surface area contributed by atoms with Crippen LogP contribution in [0.4, 0.5) is 5.82 Å². The molecule has 0 aliphatic carbocycles. The summed E-state index contributed by atoms with van der Waals surface area (Å²) < 4.78 is 0. The van der Waals surface area contributed by atoms with E-state index in [1.165, 1.54) is 6.20 Å². The van der Waals surface area contributed by atoms with E-state index >= 15 is 0 Å². The van der Waals surface area contributed by atoms with Gasteiger partial charge in [-0.15, -0.1) is 0 Å². The highest BCUT2D eigenvalue weighted by molar-refractivity contribution is 5.94. The Morgan fingerprint density at radius 1 is 0.885 bits per heavy atom. The third kappa shape index (κ3) is 6.48. The molecule has 0 atom stereocenters. The Hall–Kier alpha value is -3.00. The van der Waals surface area contributed by atoms with Gasteiger partial charge < -0.3 is 16.1 Å². The number of aromatic nitrogens is 2. The maximum Gasteiger partial charge on any atom is 0.252 e. The second-order valence-corrected chi connectivity index (χ2v) is 5.74. The minimum Gasteiger partial charge on any atom is -0.352 e. The molecular weight excluding hydrogens is 332 g/mol. The molecule has 5 N–H and O–H groups in total. The number of nitrogen functional groups attached to an aromatic ring is 1. The zero-order chi connectivity index (χ0) is 18.6. The summed E-state index contributed by atoms with van der Waals surface area (Å²) in [6.45, 7) is 1.24. The second kappa shape index (κ2) is 10.8. The van der Waals surface area contributed by atoms with Crippen LogP contribution in [0.5, 0.6) is 0 Å². The first kappa shape index (κ1) is 19.3. The molecule has 2 aromatic rings. The molecule has 0 bridgehead atoms. The molecule has 8 heteroatoms. The third-order valence-electron chi connectivity index (χ3n) is 3.77. The summed E-state index contributed by atoms with van der Waals surface area (Å²) in [5.74, 6) is 5.49. The second-order valence-electron chi connectivity index (χ2n) is 5.74. The standard InChI is InChI=1S/C18H24N6O2/c19-24-16-8-7-15(13-23-16)18(26)22-11-4-2-1-3-10-21-17(25)14-6-5-9-20-12-14/h5-9,12-13H,1-4,10-11,19H2,(H,21,25)(H,22,26)(H,23,24). The number of nitrogens with two attached hydrogens (primary N) is 1. The van der Waals surface area contributed by atoms with Crippen LogP contribution in [-0.2, 0) is 0 Å². The molecule has 0 spiro atoms. The van der Waals surface area contributed by atoms with Crippen molar-refractivity contribution < 1.29 is 9.59 Å². The van der Waals surface area contributed by atoms with Crippen LogP contribution in [0.2, 0.25) is 0 Å². The van der Waals surface area contributed by atoms with E-state index in [1.54, 1.807) is 36.7 Å². The zero-order valence-electron chi connectivity index (χ0n) is 14.6. The lowest BCUT2D eigenvalue weighted by Gasteiger charge is -2.07. The summed E-state index contributed by atoms with van der Waals surface area (Å²) in [5, 5.41) is 5.73. The van der Waals surface area contributed by atoms with Gasteiger partial charge in [-0.1, -0.05) is 12.8 Å². The predicted molar refractivity (Wildman–Crippen MR) is 99.4 cm³/mol. The maximum atomic E-state index is 11.9. The van der Waals surface area contributed by atoms with E-state index in [0.717, 1.165) is 25.7 Å². The van der Waals surface area contributed by atoms with Crippen molar-refractivity contribution in [1.82, 2.24) is 20.6 Å². The van der Waals surface area contributed by atoms with Gasteiger partial charge in [0.1, 0.15) is 5.82 Å². The fourth-order valence-electron chi connectivity index (χ4n) is 2.32. The Morgan fingerprint density at radius 2 is 1.54 bits per heavy atom. The molecule has 0 radical (unpaired) electrons. The van der Waals surface area contributed by atoms with Gasteiger partial charge in [0.25, 0.3) is 11.8 Å². The number of carbonyl (C=O) groups excluding carboxylic acids is 2. The van der Waals surface area contributed by atoms with E-state index in [9.17, 15) is 9.59 Å². The monoisotopic (exact) mass is 356 g/mol. The van der Waals surface area contributed by atoms with Crippen molar-refractivity contribution in [2.45, 2.75) is 25.7 Å². The first-order valence-corrected chi connectivity index (χ1v) is 8.60.